The van der Waals surface area contributed by atoms with Crippen molar-refractivity contribution in [2.45, 2.75) is 20.0 Å². The molecule has 2 rings (SSSR count). The first-order chi connectivity index (χ1) is 10.5. The van der Waals surface area contributed by atoms with Gasteiger partial charge in [-0.05, 0) is 19.2 Å². The molecule has 1 amide bonds. The zero-order valence-corrected chi connectivity index (χ0v) is 12.5. The fourth-order valence-electron chi connectivity index (χ4n) is 2.10. The molecule has 1 fully saturated rings. The number of amides is 1. The van der Waals surface area contributed by atoms with Gasteiger partial charge in [0, 0.05) is 6.54 Å². The number of hydrogen-bond acceptors (Lipinski definition) is 7. The van der Waals surface area contributed by atoms with Crippen LogP contribution < -0.4 is 0 Å². The number of hydrazone groups is 1. The summed E-state index contributed by atoms with van der Waals surface area (Å²) in [4.78, 5) is 23.7. The quantitative estimate of drug-likeness (QED) is 0.431. The maximum Gasteiger partial charge on any atom is 0.433 e. The van der Waals surface area contributed by atoms with Crippen LogP contribution in [0.3, 0.4) is 0 Å². The molecule has 0 bridgehead atoms. The Kier molecular flexibility index (Phi) is 5.10. The Bertz CT molecular complexity index is 567. The lowest BCUT2D eigenvalue weighted by Gasteiger charge is -2.20. The Labute approximate surface area is 127 Å². The molecule has 0 spiro atoms. The normalized spacial score (nSPS) is 18.4. The maximum atomic E-state index is 11.7. The lowest BCUT2D eigenvalue weighted by molar-refractivity contribution is -0.402. The van der Waals surface area contributed by atoms with E-state index in [9.17, 15) is 14.9 Å². The van der Waals surface area contributed by atoms with Crippen molar-refractivity contribution in [3.63, 3.8) is 0 Å². The molecule has 9 nitrogen and oxygen atoms in total. The van der Waals surface area contributed by atoms with Gasteiger partial charge in [0.25, 0.3) is 0 Å². The molecule has 0 aromatic carbocycles. The molecule has 1 aromatic rings. The molecule has 0 saturated carbocycles. The van der Waals surface area contributed by atoms with Crippen LogP contribution in [-0.4, -0.2) is 59.4 Å². The fraction of sp³-hybridized carbons (Fsp3) is 0.538. The number of nitro groups is 1. The van der Waals surface area contributed by atoms with E-state index >= 15 is 0 Å². The number of carbonyl (C=O) groups is 1. The third-order valence-electron chi connectivity index (χ3n) is 3.33. The van der Waals surface area contributed by atoms with Gasteiger partial charge in [-0.3, -0.25) is 10.1 Å². The van der Waals surface area contributed by atoms with Gasteiger partial charge in [0.15, 0.2) is 5.76 Å². The van der Waals surface area contributed by atoms with Gasteiger partial charge in [-0.15, -0.1) is 0 Å². The summed E-state index contributed by atoms with van der Waals surface area (Å²) in [5.74, 6) is -0.170. The lowest BCUT2D eigenvalue weighted by atomic mass is 10.3. The molecular weight excluding hydrogens is 292 g/mol. The molecule has 22 heavy (non-hydrogen) atoms. The summed E-state index contributed by atoms with van der Waals surface area (Å²) >= 11 is 0. The van der Waals surface area contributed by atoms with Gasteiger partial charge in [-0.25, -0.2) is 4.79 Å². The van der Waals surface area contributed by atoms with Crippen molar-refractivity contribution in [3.8, 4) is 0 Å². The number of cyclic esters (lactones) is 1. The molecule has 1 aliphatic heterocycles. The van der Waals surface area contributed by atoms with E-state index < -0.39 is 11.0 Å². The number of furan rings is 1. The van der Waals surface area contributed by atoms with Gasteiger partial charge in [0.2, 0.25) is 0 Å². The predicted octanol–water partition coefficient (Wildman–Crippen LogP) is 1.68. The van der Waals surface area contributed by atoms with Crippen LogP contribution in [0.4, 0.5) is 10.7 Å². The van der Waals surface area contributed by atoms with Gasteiger partial charge < -0.3 is 14.1 Å². The number of nitrogens with zero attached hydrogens (tertiary/aromatic N) is 4. The van der Waals surface area contributed by atoms with Crippen LogP contribution in [0.5, 0.6) is 0 Å². The highest BCUT2D eigenvalue weighted by molar-refractivity contribution is 5.78. The molecule has 1 aliphatic rings. The highest BCUT2D eigenvalue weighted by Crippen LogP contribution is 2.16. The van der Waals surface area contributed by atoms with Crippen LogP contribution >= 0.6 is 0 Å². The van der Waals surface area contributed by atoms with Crippen molar-refractivity contribution in [1.82, 2.24) is 9.91 Å². The SMILES string of the molecule is CCN(CC)C[C@@H]1CN(/N=C\c2ccc([N+](=O)[O-])o2)C(=O)O1. The van der Waals surface area contributed by atoms with Crippen molar-refractivity contribution >= 4 is 18.2 Å². The molecule has 1 atom stereocenters. The predicted molar refractivity (Wildman–Crippen MR) is 77.7 cm³/mol. The van der Waals surface area contributed by atoms with Crippen molar-refractivity contribution in [2.75, 3.05) is 26.2 Å². The van der Waals surface area contributed by atoms with Crippen LogP contribution in [0, 0.1) is 10.1 Å². The number of hydrogen-bond donors (Lipinski definition) is 0. The van der Waals surface area contributed by atoms with Crippen LogP contribution in [0.15, 0.2) is 21.7 Å². The summed E-state index contributed by atoms with van der Waals surface area (Å²) in [6, 6.07) is 2.64. The average molecular weight is 310 g/mol. The first-order valence-corrected chi connectivity index (χ1v) is 7.02. The number of carbonyl (C=O) groups excluding carboxylic acids is 1. The second kappa shape index (κ2) is 7.03. The van der Waals surface area contributed by atoms with E-state index in [2.05, 4.69) is 10.0 Å². The van der Waals surface area contributed by atoms with Crippen LogP contribution in [-0.2, 0) is 4.74 Å². The van der Waals surface area contributed by atoms with E-state index in [-0.39, 0.29) is 17.7 Å². The van der Waals surface area contributed by atoms with E-state index in [0.29, 0.717) is 13.1 Å². The minimum absolute atomic E-state index is 0.201. The standard InChI is InChI=1S/C13H18N4O5/c1-3-15(4-2)8-11-9-16(13(18)22-11)14-7-10-5-6-12(21-10)17(19)20/h5-7,11H,3-4,8-9H2,1-2H3/b14-7-/t11-/m1/s1. The van der Waals surface area contributed by atoms with Gasteiger partial charge in [0.05, 0.1) is 18.8 Å². The third kappa shape index (κ3) is 3.82. The van der Waals surface area contributed by atoms with E-state index in [1.165, 1.54) is 23.4 Å². The van der Waals surface area contributed by atoms with E-state index in [4.69, 9.17) is 9.15 Å². The zero-order chi connectivity index (χ0) is 16.1. The van der Waals surface area contributed by atoms with E-state index in [1.807, 2.05) is 13.8 Å². The summed E-state index contributed by atoms with van der Waals surface area (Å²) in [7, 11) is 0. The number of likely N-dealkylation sites (N-methyl/N-ethyl adjacent to an activating group) is 1. The van der Waals surface area contributed by atoms with Gasteiger partial charge >= 0.3 is 12.0 Å². The van der Waals surface area contributed by atoms with Crippen molar-refractivity contribution in [3.05, 3.63) is 28.0 Å². The molecule has 9 heteroatoms. The highest BCUT2D eigenvalue weighted by atomic mass is 16.6. The Morgan fingerprint density at radius 2 is 2.23 bits per heavy atom. The molecular formula is C13H18N4O5. The molecule has 0 N–H and O–H groups in total. The molecule has 2 heterocycles. The number of ether oxygens (including phenoxy) is 1. The van der Waals surface area contributed by atoms with Crippen LogP contribution in [0.25, 0.3) is 0 Å². The second-order valence-electron chi connectivity index (χ2n) is 4.75. The third-order valence-corrected chi connectivity index (χ3v) is 3.33. The summed E-state index contributed by atoms with van der Waals surface area (Å²) in [5, 5.41) is 15.6. The summed E-state index contributed by atoms with van der Waals surface area (Å²) in [6.45, 7) is 6.83. The van der Waals surface area contributed by atoms with Gasteiger partial charge in [0.1, 0.15) is 11.0 Å². The topological polar surface area (TPSA) is 101 Å². The Morgan fingerprint density at radius 3 is 2.82 bits per heavy atom. The monoisotopic (exact) mass is 310 g/mol. The first kappa shape index (κ1) is 16.0. The smallest absolute Gasteiger partial charge is 0.433 e. The van der Waals surface area contributed by atoms with Gasteiger partial charge in [-0.2, -0.15) is 10.1 Å². The minimum Gasteiger partial charge on any atom is -0.441 e. The second-order valence-corrected chi connectivity index (χ2v) is 4.75. The molecule has 0 aliphatic carbocycles. The summed E-state index contributed by atoms with van der Waals surface area (Å²) < 4.78 is 10.2. The first-order valence-electron chi connectivity index (χ1n) is 7.02. The fourth-order valence-corrected chi connectivity index (χ4v) is 2.10. The Hall–Kier alpha value is -2.42. The van der Waals surface area contributed by atoms with E-state index in [0.717, 1.165) is 13.1 Å². The maximum absolute atomic E-state index is 11.7. The van der Waals surface area contributed by atoms with Crippen molar-refractivity contribution in [2.24, 2.45) is 5.10 Å². The molecule has 0 radical (unpaired) electrons. The number of rotatable bonds is 7. The van der Waals surface area contributed by atoms with Gasteiger partial charge in [-0.1, -0.05) is 13.8 Å². The summed E-state index contributed by atoms with van der Waals surface area (Å²) in [5.41, 5.74) is 0. The molecule has 0 unspecified atom stereocenters. The van der Waals surface area contributed by atoms with Crippen LogP contribution in [0.1, 0.15) is 19.6 Å². The van der Waals surface area contributed by atoms with Crippen molar-refractivity contribution in [1.29, 1.82) is 0 Å². The van der Waals surface area contributed by atoms with Crippen LogP contribution in [0.2, 0.25) is 0 Å². The minimum atomic E-state index is -0.637. The highest BCUT2D eigenvalue weighted by Gasteiger charge is 2.32. The molecule has 1 saturated heterocycles. The molecule has 120 valence electrons. The Morgan fingerprint density at radius 1 is 1.50 bits per heavy atom. The zero-order valence-electron chi connectivity index (χ0n) is 12.5. The largest absolute Gasteiger partial charge is 0.441 e. The average Bonchev–Trinajstić information content (AvgIpc) is 3.09. The van der Waals surface area contributed by atoms with E-state index in [1.54, 1.807) is 0 Å². The molecule has 1 aromatic heterocycles. The Balaban J connectivity index is 1.93. The van der Waals surface area contributed by atoms with Crippen molar-refractivity contribution < 1.29 is 18.9 Å². The summed E-state index contributed by atoms with van der Waals surface area (Å²) in [6.07, 6.45) is 0.485. The lowest BCUT2D eigenvalue weighted by Crippen LogP contribution is -2.34.